The van der Waals surface area contributed by atoms with Crippen molar-refractivity contribution in [1.29, 1.82) is 0 Å². The standard InChI is InChI=1S/C13H29N3/c1-12(2)6-5-8-15(3)11-13-10-14-7-9-16(13)4/h12-14H,5-11H2,1-4H3. The lowest BCUT2D eigenvalue weighted by molar-refractivity contribution is 0.151. The number of nitrogens with one attached hydrogen (secondary N) is 1. The molecule has 3 nitrogen and oxygen atoms in total. The maximum atomic E-state index is 3.48. The first-order valence-corrected chi connectivity index (χ1v) is 6.69. The normalized spacial score (nSPS) is 23.2. The van der Waals surface area contributed by atoms with Gasteiger partial charge in [-0.1, -0.05) is 13.8 Å². The summed E-state index contributed by atoms with van der Waals surface area (Å²) in [6.45, 7) is 10.5. The topological polar surface area (TPSA) is 18.5 Å². The molecule has 16 heavy (non-hydrogen) atoms. The number of rotatable bonds is 6. The van der Waals surface area contributed by atoms with E-state index in [1.807, 2.05) is 0 Å². The second kappa shape index (κ2) is 7.25. The van der Waals surface area contributed by atoms with Crippen molar-refractivity contribution >= 4 is 0 Å². The molecule has 1 N–H and O–H groups in total. The zero-order valence-corrected chi connectivity index (χ0v) is 11.5. The van der Waals surface area contributed by atoms with Crippen molar-refractivity contribution in [3.8, 4) is 0 Å². The van der Waals surface area contributed by atoms with Crippen LogP contribution >= 0.6 is 0 Å². The fraction of sp³-hybridized carbons (Fsp3) is 1.00. The third-order valence-electron chi connectivity index (χ3n) is 3.49. The minimum Gasteiger partial charge on any atom is -0.314 e. The zero-order valence-electron chi connectivity index (χ0n) is 11.5. The monoisotopic (exact) mass is 227 g/mol. The van der Waals surface area contributed by atoms with Crippen LogP contribution in [0.5, 0.6) is 0 Å². The number of hydrogen-bond donors (Lipinski definition) is 1. The minimum atomic E-state index is 0.692. The van der Waals surface area contributed by atoms with E-state index in [2.05, 4.69) is 43.1 Å². The lowest BCUT2D eigenvalue weighted by Gasteiger charge is -2.35. The molecule has 0 bridgehead atoms. The van der Waals surface area contributed by atoms with E-state index < -0.39 is 0 Å². The number of hydrogen-bond acceptors (Lipinski definition) is 3. The van der Waals surface area contributed by atoms with Crippen molar-refractivity contribution in [2.45, 2.75) is 32.7 Å². The summed E-state index contributed by atoms with van der Waals surface area (Å²) >= 11 is 0. The van der Waals surface area contributed by atoms with E-state index in [-0.39, 0.29) is 0 Å². The van der Waals surface area contributed by atoms with E-state index in [1.165, 1.54) is 32.5 Å². The molecule has 1 unspecified atom stereocenters. The molecule has 0 spiro atoms. The van der Waals surface area contributed by atoms with Gasteiger partial charge in [0.15, 0.2) is 0 Å². The van der Waals surface area contributed by atoms with E-state index in [9.17, 15) is 0 Å². The molecule has 0 saturated carbocycles. The second-order valence-corrected chi connectivity index (χ2v) is 5.64. The highest BCUT2D eigenvalue weighted by Gasteiger charge is 2.19. The van der Waals surface area contributed by atoms with Crippen molar-refractivity contribution in [2.75, 3.05) is 46.8 Å². The maximum Gasteiger partial charge on any atom is 0.0345 e. The molecule has 1 saturated heterocycles. The van der Waals surface area contributed by atoms with Gasteiger partial charge in [-0.05, 0) is 39.4 Å². The first kappa shape index (κ1) is 13.9. The molecule has 0 radical (unpaired) electrons. The van der Waals surface area contributed by atoms with Gasteiger partial charge in [0.25, 0.3) is 0 Å². The van der Waals surface area contributed by atoms with Crippen molar-refractivity contribution in [3.05, 3.63) is 0 Å². The molecule has 1 aliphatic heterocycles. The molecule has 96 valence electrons. The smallest absolute Gasteiger partial charge is 0.0345 e. The van der Waals surface area contributed by atoms with Gasteiger partial charge in [-0.25, -0.2) is 0 Å². The van der Waals surface area contributed by atoms with Gasteiger partial charge in [-0.3, -0.25) is 4.90 Å². The minimum absolute atomic E-state index is 0.692. The molecule has 1 aliphatic rings. The van der Waals surface area contributed by atoms with Gasteiger partial charge in [0.05, 0.1) is 0 Å². The average Bonchev–Trinajstić information content (AvgIpc) is 2.21. The van der Waals surface area contributed by atoms with Gasteiger partial charge in [0, 0.05) is 32.2 Å². The molecule has 0 amide bonds. The van der Waals surface area contributed by atoms with E-state index in [0.29, 0.717) is 6.04 Å². The summed E-state index contributed by atoms with van der Waals surface area (Å²) in [6, 6.07) is 0.692. The van der Waals surface area contributed by atoms with Crippen LogP contribution in [0.25, 0.3) is 0 Å². The van der Waals surface area contributed by atoms with Crippen LogP contribution in [0, 0.1) is 5.92 Å². The van der Waals surface area contributed by atoms with Gasteiger partial charge in [0.1, 0.15) is 0 Å². The maximum absolute atomic E-state index is 3.48. The fourth-order valence-corrected chi connectivity index (χ4v) is 2.29. The van der Waals surface area contributed by atoms with Crippen molar-refractivity contribution < 1.29 is 0 Å². The molecule has 0 aliphatic carbocycles. The highest BCUT2D eigenvalue weighted by atomic mass is 15.2. The molecular weight excluding hydrogens is 198 g/mol. The molecule has 1 rings (SSSR count). The Hall–Kier alpha value is -0.120. The first-order valence-electron chi connectivity index (χ1n) is 6.69. The Morgan fingerprint density at radius 2 is 2.19 bits per heavy atom. The number of piperazine rings is 1. The molecule has 1 heterocycles. The lowest BCUT2D eigenvalue weighted by Crippen LogP contribution is -2.53. The first-order chi connectivity index (χ1) is 7.59. The average molecular weight is 227 g/mol. The van der Waals surface area contributed by atoms with Crippen LogP contribution in [0.2, 0.25) is 0 Å². The predicted octanol–water partition coefficient (Wildman–Crippen LogP) is 1.26. The van der Waals surface area contributed by atoms with Gasteiger partial charge < -0.3 is 10.2 Å². The Morgan fingerprint density at radius 3 is 2.81 bits per heavy atom. The fourth-order valence-electron chi connectivity index (χ4n) is 2.29. The Kier molecular flexibility index (Phi) is 6.32. The SMILES string of the molecule is CC(C)CCCN(C)CC1CNCCN1C. The van der Waals surface area contributed by atoms with Gasteiger partial charge in [-0.2, -0.15) is 0 Å². The van der Waals surface area contributed by atoms with Crippen LogP contribution in [-0.2, 0) is 0 Å². The molecular formula is C13H29N3. The zero-order chi connectivity index (χ0) is 12.0. The van der Waals surface area contributed by atoms with Gasteiger partial charge >= 0.3 is 0 Å². The number of likely N-dealkylation sites (N-methyl/N-ethyl adjacent to an activating group) is 2. The third-order valence-corrected chi connectivity index (χ3v) is 3.49. The molecule has 0 aromatic rings. The van der Waals surface area contributed by atoms with E-state index in [4.69, 9.17) is 0 Å². The largest absolute Gasteiger partial charge is 0.314 e. The van der Waals surface area contributed by atoms with E-state index >= 15 is 0 Å². The Labute approximate surface area is 101 Å². The summed E-state index contributed by atoms with van der Waals surface area (Å²) in [7, 11) is 4.50. The van der Waals surface area contributed by atoms with Crippen molar-refractivity contribution in [3.63, 3.8) is 0 Å². The molecule has 3 heteroatoms. The summed E-state index contributed by atoms with van der Waals surface area (Å²) in [5, 5.41) is 3.48. The summed E-state index contributed by atoms with van der Waals surface area (Å²) in [5.74, 6) is 0.840. The summed E-state index contributed by atoms with van der Waals surface area (Å²) < 4.78 is 0. The Balaban J connectivity index is 2.14. The van der Waals surface area contributed by atoms with Crippen molar-refractivity contribution in [1.82, 2.24) is 15.1 Å². The molecule has 1 fully saturated rings. The van der Waals surface area contributed by atoms with Crippen LogP contribution < -0.4 is 5.32 Å². The predicted molar refractivity (Wildman–Crippen MR) is 70.9 cm³/mol. The van der Waals surface area contributed by atoms with Crippen LogP contribution in [0.15, 0.2) is 0 Å². The van der Waals surface area contributed by atoms with Gasteiger partial charge in [0.2, 0.25) is 0 Å². The third kappa shape index (κ3) is 5.28. The number of nitrogens with zero attached hydrogens (tertiary/aromatic N) is 2. The Morgan fingerprint density at radius 1 is 1.44 bits per heavy atom. The van der Waals surface area contributed by atoms with Crippen LogP contribution in [0.4, 0.5) is 0 Å². The quantitative estimate of drug-likeness (QED) is 0.737. The lowest BCUT2D eigenvalue weighted by atomic mass is 10.1. The van der Waals surface area contributed by atoms with Crippen LogP contribution in [-0.4, -0.2) is 62.7 Å². The summed E-state index contributed by atoms with van der Waals surface area (Å²) in [4.78, 5) is 4.96. The summed E-state index contributed by atoms with van der Waals surface area (Å²) in [5.41, 5.74) is 0. The van der Waals surface area contributed by atoms with E-state index in [0.717, 1.165) is 19.0 Å². The Bertz CT molecular complexity index is 182. The summed E-state index contributed by atoms with van der Waals surface area (Å²) in [6.07, 6.45) is 2.68. The highest BCUT2D eigenvalue weighted by Crippen LogP contribution is 2.06. The van der Waals surface area contributed by atoms with Crippen LogP contribution in [0.1, 0.15) is 26.7 Å². The van der Waals surface area contributed by atoms with Crippen LogP contribution in [0.3, 0.4) is 0 Å². The molecule has 0 aromatic heterocycles. The molecule has 1 atom stereocenters. The second-order valence-electron chi connectivity index (χ2n) is 5.64. The highest BCUT2D eigenvalue weighted by molar-refractivity contribution is 4.79. The van der Waals surface area contributed by atoms with E-state index in [1.54, 1.807) is 0 Å². The molecule has 0 aromatic carbocycles. The van der Waals surface area contributed by atoms with Gasteiger partial charge in [-0.15, -0.1) is 0 Å². The van der Waals surface area contributed by atoms with Crippen molar-refractivity contribution in [2.24, 2.45) is 5.92 Å².